The Bertz CT molecular complexity index is 654. The minimum atomic E-state index is -0.118. The summed E-state index contributed by atoms with van der Waals surface area (Å²) in [6.45, 7) is 5.63. The second-order valence-corrected chi connectivity index (χ2v) is 11.3. The quantitative estimate of drug-likeness (QED) is 0.636. The fourth-order valence-corrected chi connectivity index (χ4v) is 8.94. The number of rotatable bonds is 5. The first kappa shape index (κ1) is 21.3. The van der Waals surface area contributed by atoms with E-state index in [0.717, 1.165) is 51.3 Å². The zero-order valence-electron chi connectivity index (χ0n) is 18.9. The molecule has 3 N–H and O–H groups in total. The van der Waals surface area contributed by atoms with Crippen LogP contribution in [0.25, 0.3) is 0 Å². The first-order valence-electron chi connectivity index (χ1n) is 12.4. The van der Waals surface area contributed by atoms with Crippen molar-refractivity contribution in [2.24, 2.45) is 40.4 Å². The number of hydrogen-bond donors (Lipinski definition) is 3. The molecule has 1 aliphatic heterocycles. The number of Topliss-reactive ketones (excluding diaryl/α,β-unsaturated/α-hetero) is 1. The predicted octanol–water partition coefficient (Wildman–Crippen LogP) is 2.53. The first-order valence-corrected chi connectivity index (χ1v) is 12.4. The summed E-state index contributed by atoms with van der Waals surface area (Å²) in [6.07, 6.45) is 10.1. The van der Waals surface area contributed by atoms with Crippen LogP contribution in [0.1, 0.15) is 64.7 Å². The Morgan fingerprint density at radius 1 is 1.13 bits per heavy atom. The van der Waals surface area contributed by atoms with Crippen molar-refractivity contribution in [3.05, 3.63) is 0 Å². The van der Waals surface area contributed by atoms with Crippen molar-refractivity contribution in [2.45, 2.75) is 70.8 Å². The van der Waals surface area contributed by atoms with Gasteiger partial charge in [0, 0.05) is 26.1 Å². The topological polar surface area (TPSA) is 73.8 Å². The molecular formula is C24H41N3O3. The molecule has 0 spiro atoms. The molecule has 5 fully saturated rings. The third-order valence-corrected chi connectivity index (χ3v) is 10.2. The number of aliphatic hydroxyl groups excluding tert-OH is 1. The van der Waals surface area contributed by atoms with Crippen LogP contribution in [-0.2, 0) is 9.53 Å². The lowest BCUT2D eigenvalue weighted by Crippen LogP contribution is -2.57. The van der Waals surface area contributed by atoms with Gasteiger partial charge in [0.05, 0.1) is 19.3 Å². The van der Waals surface area contributed by atoms with E-state index in [0.29, 0.717) is 30.1 Å². The van der Waals surface area contributed by atoms with Gasteiger partial charge in [-0.15, -0.1) is 0 Å². The number of ether oxygens (including phenoxy) is 1. The Kier molecular flexibility index (Phi) is 5.76. The van der Waals surface area contributed by atoms with Crippen molar-refractivity contribution >= 4 is 5.78 Å². The van der Waals surface area contributed by atoms with Crippen molar-refractivity contribution in [1.29, 1.82) is 0 Å². The molecule has 1 saturated heterocycles. The fourth-order valence-electron chi connectivity index (χ4n) is 8.94. The van der Waals surface area contributed by atoms with E-state index in [1.807, 2.05) is 12.1 Å². The molecule has 30 heavy (non-hydrogen) atoms. The van der Waals surface area contributed by atoms with E-state index in [1.54, 1.807) is 0 Å². The van der Waals surface area contributed by atoms with Gasteiger partial charge in [-0.1, -0.05) is 6.92 Å². The largest absolute Gasteiger partial charge is 0.393 e. The normalized spacial score (nSPS) is 48.8. The molecule has 4 aliphatic carbocycles. The highest BCUT2D eigenvalue weighted by molar-refractivity contribution is 5.84. The molecule has 5 aliphatic rings. The molecule has 170 valence electrons. The van der Waals surface area contributed by atoms with Crippen LogP contribution < -0.4 is 11.0 Å². The third-order valence-electron chi connectivity index (χ3n) is 10.2. The fraction of sp³-hybridized carbons (Fsp3) is 0.958. The van der Waals surface area contributed by atoms with Crippen molar-refractivity contribution < 1.29 is 14.6 Å². The zero-order chi connectivity index (χ0) is 20.9. The van der Waals surface area contributed by atoms with Gasteiger partial charge in [-0.05, 0) is 92.3 Å². The minimum absolute atomic E-state index is 0.118. The molecule has 5 rings (SSSR count). The number of ketones is 1. The predicted molar refractivity (Wildman–Crippen MR) is 115 cm³/mol. The van der Waals surface area contributed by atoms with E-state index < -0.39 is 0 Å². The third kappa shape index (κ3) is 3.29. The van der Waals surface area contributed by atoms with E-state index in [1.165, 1.54) is 32.1 Å². The molecule has 0 bridgehead atoms. The molecule has 4 saturated carbocycles. The molecule has 0 aromatic carbocycles. The van der Waals surface area contributed by atoms with Gasteiger partial charge in [0.1, 0.15) is 0 Å². The summed E-state index contributed by atoms with van der Waals surface area (Å²) < 4.78 is 5.84. The maximum Gasteiger partial charge on any atom is 0.151 e. The molecule has 8 atom stereocenters. The van der Waals surface area contributed by atoms with Crippen molar-refractivity contribution in [3.63, 3.8) is 0 Å². The molecule has 0 aromatic heterocycles. The molecule has 6 heteroatoms. The lowest BCUT2D eigenvalue weighted by molar-refractivity contribution is -0.161. The molecule has 6 nitrogen and oxygen atoms in total. The van der Waals surface area contributed by atoms with Crippen LogP contribution in [-0.4, -0.2) is 55.4 Å². The lowest BCUT2D eigenvalue weighted by Gasteiger charge is -2.61. The first-order chi connectivity index (χ1) is 14.5. The summed E-state index contributed by atoms with van der Waals surface area (Å²) in [5.41, 5.74) is 6.66. The molecule has 1 heterocycles. The number of methoxy groups -OCH3 is 1. The Hall–Kier alpha value is -0.530. The summed E-state index contributed by atoms with van der Waals surface area (Å²) in [7, 11) is 1.86. The number of nitrogens with zero attached hydrogens (tertiary/aromatic N) is 1. The van der Waals surface area contributed by atoms with Crippen molar-refractivity contribution in [1.82, 2.24) is 16.0 Å². The summed E-state index contributed by atoms with van der Waals surface area (Å²) in [6, 6.07) is 0. The van der Waals surface area contributed by atoms with Gasteiger partial charge in [-0.25, -0.2) is 10.4 Å². The van der Waals surface area contributed by atoms with Gasteiger partial charge >= 0.3 is 0 Å². The van der Waals surface area contributed by atoms with Gasteiger partial charge < -0.3 is 9.84 Å². The Labute approximate surface area is 181 Å². The number of carbonyl (C=O) groups excluding carboxylic acids is 1. The summed E-state index contributed by atoms with van der Waals surface area (Å²) in [4.78, 5) is 13.3. The van der Waals surface area contributed by atoms with Crippen LogP contribution in [0.15, 0.2) is 0 Å². The molecule has 0 amide bonds. The van der Waals surface area contributed by atoms with E-state index in [-0.39, 0.29) is 22.9 Å². The van der Waals surface area contributed by atoms with Crippen LogP contribution in [0.5, 0.6) is 0 Å². The van der Waals surface area contributed by atoms with Crippen molar-refractivity contribution in [2.75, 3.05) is 33.4 Å². The molecule has 1 unspecified atom stereocenters. The highest BCUT2D eigenvalue weighted by Gasteiger charge is 2.62. The number of carbonyl (C=O) groups is 1. The number of aliphatic hydroxyl groups is 1. The second-order valence-electron chi connectivity index (χ2n) is 11.3. The molecule has 0 aromatic rings. The Morgan fingerprint density at radius 2 is 2.00 bits per heavy atom. The van der Waals surface area contributed by atoms with Gasteiger partial charge in [0.15, 0.2) is 5.78 Å². The van der Waals surface area contributed by atoms with E-state index >= 15 is 0 Å². The van der Waals surface area contributed by atoms with E-state index in [2.05, 4.69) is 17.9 Å². The highest BCUT2D eigenvalue weighted by Crippen LogP contribution is 2.67. The number of hydrogen-bond acceptors (Lipinski definition) is 6. The van der Waals surface area contributed by atoms with E-state index in [4.69, 9.17) is 4.74 Å². The Morgan fingerprint density at radius 3 is 2.77 bits per heavy atom. The Balaban J connectivity index is 1.35. The van der Waals surface area contributed by atoms with Crippen LogP contribution in [0.4, 0.5) is 0 Å². The average molecular weight is 420 g/mol. The summed E-state index contributed by atoms with van der Waals surface area (Å²) in [5, 5.41) is 12.4. The van der Waals surface area contributed by atoms with Gasteiger partial charge in [0.25, 0.3) is 0 Å². The highest BCUT2D eigenvalue weighted by atomic mass is 16.5. The summed E-state index contributed by atoms with van der Waals surface area (Å²) in [5.74, 6) is 3.39. The average Bonchev–Trinajstić information content (AvgIpc) is 3.35. The maximum absolute atomic E-state index is 13.3. The van der Waals surface area contributed by atoms with Crippen LogP contribution in [0.2, 0.25) is 0 Å². The van der Waals surface area contributed by atoms with Gasteiger partial charge in [-0.3, -0.25) is 4.79 Å². The molecular weight excluding hydrogens is 378 g/mol. The zero-order valence-corrected chi connectivity index (χ0v) is 18.9. The second kappa shape index (κ2) is 8.11. The SMILES string of the molecule is COC[C@]12CC[C@@H](O)C[C@@H]1CC[C@@H]1C2CC[C@]2(C)[C@@H](C(=O)CN3CCNN3)CC[C@@H]12. The van der Waals surface area contributed by atoms with E-state index in [9.17, 15) is 9.90 Å². The van der Waals surface area contributed by atoms with Crippen LogP contribution in [0.3, 0.4) is 0 Å². The molecule has 0 radical (unpaired) electrons. The van der Waals surface area contributed by atoms with Crippen LogP contribution >= 0.6 is 0 Å². The number of fused-ring (bicyclic) bond motifs is 5. The van der Waals surface area contributed by atoms with Gasteiger partial charge in [0.2, 0.25) is 0 Å². The minimum Gasteiger partial charge on any atom is -0.393 e. The van der Waals surface area contributed by atoms with Crippen LogP contribution in [0, 0.1) is 40.4 Å². The van der Waals surface area contributed by atoms with Gasteiger partial charge in [-0.2, -0.15) is 5.53 Å². The number of nitrogens with one attached hydrogen (secondary N) is 2. The lowest BCUT2D eigenvalue weighted by atomic mass is 9.44. The number of hydrazine groups is 2. The maximum atomic E-state index is 13.3. The smallest absolute Gasteiger partial charge is 0.151 e. The monoisotopic (exact) mass is 419 g/mol. The summed E-state index contributed by atoms with van der Waals surface area (Å²) >= 11 is 0. The standard InChI is InChI=1S/C24H41N3O3/c1-23-9-8-20-18(4-3-16-13-17(28)7-10-24(16,20)15-30-2)19(23)5-6-21(23)22(29)14-27-12-11-25-26-27/h16-21,25-26,28H,3-15H2,1-2H3/t16-,17+,18-,19-,20?,21+,23-,24+/m0/s1. The van der Waals surface area contributed by atoms with Crippen molar-refractivity contribution in [3.8, 4) is 0 Å².